The van der Waals surface area contributed by atoms with Gasteiger partial charge >= 0.3 is 5.97 Å². The number of carboxylic acids is 1. The Balaban J connectivity index is 2.16. The van der Waals surface area contributed by atoms with E-state index in [4.69, 9.17) is 21.4 Å². The molecule has 1 aliphatic rings. The zero-order valence-electron chi connectivity index (χ0n) is 10.8. The normalized spacial score (nSPS) is 17.9. The summed E-state index contributed by atoms with van der Waals surface area (Å²) in [7, 11) is 0. The van der Waals surface area contributed by atoms with Gasteiger partial charge in [-0.25, -0.2) is 4.98 Å². The molecule has 0 spiro atoms. The van der Waals surface area contributed by atoms with E-state index in [9.17, 15) is 9.59 Å². The van der Waals surface area contributed by atoms with Crippen LogP contribution >= 0.6 is 11.6 Å². The Morgan fingerprint density at radius 1 is 1.50 bits per heavy atom. The smallest absolute Gasteiger partial charge is 0.305 e. The van der Waals surface area contributed by atoms with Crippen molar-refractivity contribution >= 4 is 29.3 Å². The lowest BCUT2D eigenvalue weighted by atomic mass is 10.2. The molecule has 0 aliphatic carbocycles. The van der Waals surface area contributed by atoms with Gasteiger partial charge in [-0.05, 0) is 25.0 Å². The van der Waals surface area contributed by atoms with Gasteiger partial charge in [-0.1, -0.05) is 11.6 Å². The summed E-state index contributed by atoms with van der Waals surface area (Å²) in [5.41, 5.74) is 0. The minimum absolute atomic E-state index is 0.0582. The summed E-state index contributed by atoms with van der Waals surface area (Å²) < 4.78 is 5.36. The van der Waals surface area contributed by atoms with Gasteiger partial charge < -0.3 is 9.84 Å². The van der Waals surface area contributed by atoms with Gasteiger partial charge in [0.05, 0.1) is 11.4 Å². The average molecular weight is 299 g/mol. The molecule has 1 N–H and O–H groups in total. The first-order chi connectivity index (χ1) is 9.58. The number of aliphatic carboxylic acids is 1. The Kier molecular flexibility index (Phi) is 4.92. The summed E-state index contributed by atoms with van der Waals surface area (Å²) in [5.74, 6) is -0.834. The fraction of sp³-hybridized carbons (Fsp3) is 0.462. The molecule has 20 heavy (non-hydrogen) atoms. The van der Waals surface area contributed by atoms with Crippen LogP contribution in [-0.2, 0) is 14.3 Å². The van der Waals surface area contributed by atoms with Gasteiger partial charge in [0.15, 0.2) is 0 Å². The number of carbonyl (C=O) groups excluding carboxylic acids is 1. The Hall–Kier alpha value is -1.66. The van der Waals surface area contributed by atoms with Crippen molar-refractivity contribution in [1.29, 1.82) is 0 Å². The van der Waals surface area contributed by atoms with E-state index in [-0.39, 0.29) is 18.9 Å². The molecule has 6 nitrogen and oxygen atoms in total. The molecule has 1 aromatic heterocycles. The monoisotopic (exact) mass is 298 g/mol. The number of carbonyl (C=O) groups is 2. The zero-order valence-corrected chi connectivity index (χ0v) is 11.5. The summed E-state index contributed by atoms with van der Waals surface area (Å²) >= 11 is 5.77. The van der Waals surface area contributed by atoms with Gasteiger partial charge in [0.2, 0.25) is 0 Å². The van der Waals surface area contributed by atoms with Crippen molar-refractivity contribution < 1.29 is 19.4 Å². The summed E-state index contributed by atoms with van der Waals surface area (Å²) in [4.78, 5) is 28.5. The standard InChI is InChI=1S/C13H15ClN2O4/c14-9-3-4-11(15-8-9)16(6-5-12(17)18)13(19)10-2-1-7-20-10/h3-4,8,10H,1-2,5-7H2,(H,17,18). The highest BCUT2D eigenvalue weighted by Crippen LogP contribution is 2.20. The third-order valence-electron chi connectivity index (χ3n) is 3.01. The first-order valence-corrected chi connectivity index (χ1v) is 6.72. The van der Waals surface area contributed by atoms with Gasteiger partial charge in [-0.15, -0.1) is 0 Å². The Labute approximate surface area is 121 Å². The van der Waals surface area contributed by atoms with Crippen LogP contribution in [0.1, 0.15) is 19.3 Å². The third kappa shape index (κ3) is 3.68. The quantitative estimate of drug-likeness (QED) is 0.895. The Morgan fingerprint density at radius 3 is 2.85 bits per heavy atom. The van der Waals surface area contributed by atoms with E-state index in [1.165, 1.54) is 11.1 Å². The number of hydrogen-bond acceptors (Lipinski definition) is 4. The molecule has 1 aliphatic heterocycles. The topological polar surface area (TPSA) is 79.7 Å². The van der Waals surface area contributed by atoms with Crippen LogP contribution in [0.3, 0.4) is 0 Å². The summed E-state index contributed by atoms with van der Waals surface area (Å²) in [6.45, 7) is 0.611. The predicted molar refractivity (Wildman–Crippen MR) is 72.8 cm³/mol. The molecule has 2 heterocycles. The van der Waals surface area contributed by atoms with Crippen LogP contribution in [0.5, 0.6) is 0 Å². The summed E-state index contributed by atoms with van der Waals surface area (Å²) in [6.07, 6.45) is 2.24. The number of rotatable bonds is 5. The minimum Gasteiger partial charge on any atom is -0.481 e. The molecule has 1 unspecified atom stereocenters. The van der Waals surface area contributed by atoms with Gasteiger partial charge in [0, 0.05) is 19.3 Å². The van der Waals surface area contributed by atoms with E-state index in [0.717, 1.165) is 6.42 Å². The van der Waals surface area contributed by atoms with E-state index in [0.29, 0.717) is 23.9 Å². The lowest BCUT2D eigenvalue weighted by Crippen LogP contribution is -2.40. The third-order valence-corrected chi connectivity index (χ3v) is 3.23. The highest BCUT2D eigenvalue weighted by atomic mass is 35.5. The molecule has 0 aromatic carbocycles. The number of carboxylic acid groups (broad SMARTS) is 1. The molecule has 1 amide bonds. The molecular weight excluding hydrogens is 284 g/mol. The first-order valence-electron chi connectivity index (χ1n) is 6.34. The number of nitrogens with zero attached hydrogens (tertiary/aromatic N) is 2. The Morgan fingerprint density at radius 2 is 2.30 bits per heavy atom. The second kappa shape index (κ2) is 6.67. The number of anilines is 1. The second-order valence-corrected chi connectivity index (χ2v) is 4.91. The molecule has 2 rings (SSSR count). The molecule has 1 atom stereocenters. The number of halogens is 1. The highest BCUT2D eigenvalue weighted by molar-refractivity contribution is 6.30. The number of ether oxygens (including phenoxy) is 1. The predicted octanol–water partition coefficient (Wildman–Crippen LogP) is 1.72. The van der Waals surface area contributed by atoms with Crippen LogP contribution < -0.4 is 4.90 Å². The van der Waals surface area contributed by atoms with Crippen molar-refractivity contribution in [2.75, 3.05) is 18.1 Å². The number of hydrogen-bond donors (Lipinski definition) is 1. The lowest BCUT2D eigenvalue weighted by molar-refractivity contribution is -0.136. The van der Waals surface area contributed by atoms with Crippen molar-refractivity contribution in [3.05, 3.63) is 23.4 Å². The van der Waals surface area contributed by atoms with Crippen molar-refractivity contribution in [2.45, 2.75) is 25.4 Å². The van der Waals surface area contributed by atoms with E-state index in [1.54, 1.807) is 12.1 Å². The van der Waals surface area contributed by atoms with Crippen molar-refractivity contribution in [1.82, 2.24) is 4.98 Å². The van der Waals surface area contributed by atoms with Crippen LogP contribution in [-0.4, -0.2) is 41.2 Å². The largest absolute Gasteiger partial charge is 0.481 e. The molecule has 1 fully saturated rings. The maximum Gasteiger partial charge on any atom is 0.305 e. The lowest BCUT2D eigenvalue weighted by Gasteiger charge is -2.23. The summed E-state index contributed by atoms with van der Waals surface area (Å²) in [6, 6.07) is 3.21. The molecule has 1 aromatic rings. The van der Waals surface area contributed by atoms with Gasteiger partial charge in [-0.2, -0.15) is 0 Å². The zero-order chi connectivity index (χ0) is 14.5. The summed E-state index contributed by atoms with van der Waals surface area (Å²) in [5, 5.41) is 9.24. The number of pyridine rings is 1. The van der Waals surface area contributed by atoms with Gasteiger partial charge in [-0.3, -0.25) is 14.5 Å². The van der Waals surface area contributed by atoms with Gasteiger partial charge in [0.25, 0.3) is 5.91 Å². The van der Waals surface area contributed by atoms with Crippen LogP contribution in [0.4, 0.5) is 5.82 Å². The molecule has 1 saturated heterocycles. The average Bonchev–Trinajstić information content (AvgIpc) is 2.94. The molecule has 0 saturated carbocycles. The van der Waals surface area contributed by atoms with Crippen molar-refractivity contribution in [3.8, 4) is 0 Å². The van der Waals surface area contributed by atoms with E-state index >= 15 is 0 Å². The molecular formula is C13H15ClN2O4. The second-order valence-electron chi connectivity index (χ2n) is 4.47. The fourth-order valence-corrected chi connectivity index (χ4v) is 2.13. The van der Waals surface area contributed by atoms with Crippen LogP contribution in [0.25, 0.3) is 0 Å². The maximum atomic E-state index is 12.4. The first kappa shape index (κ1) is 14.7. The van der Waals surface area contributed by atoms with Crippen LogP contribution in [0.2, 0.25) is 5.02 Å². The number of aromatic nitrogens is 1. The molecule has 108 valence electrons. The van der Waals surface area contributed by atoms with E-state index < -0.39 is 12.1 Å². The highest BCUT2D eigenvalue weighted by Gasteiger charge is 2.29. The van der Waals surface area contributed by atoms with Crippen molar-refractivity contribution in [2.24, 2.45) is 0 Å². The fourth-order valence-electron chi connectivity index (χ4n) is 2.02. The minimum atomic E-state index is -0.968. The molecule has 0 radical (unpaired) electrons. The maximum absolute atomic E-state index is 12.4. The molecule has 0 bridgehead atoms. The van der Waals surface area contributed by atoms with E-state index in [1.807, 2.05) is 0 Å². The van der Waals surface area contributed by atoms with Crippen molar-refractivity contribution in [3.63, 3.8) is 0 Å². The van der Waals surface area contributed by atoms with Crippen LogP contribution in [0, 0.1) is 0 Å². The number of amides is 1. The van der Waals surface area contributed by atoms with E-state index in [2.05, 4.69) is 4.98 Å². The molecule has 7 heteroatoms. The van der Waals surface area contributed by atoms with Crippen LogP contribution in [0.15, 0.2) is 18.3 Å². The Bertz CT molecular complexity index is 486. The van der Waals surface area contributed by atoms with Gasteiger partial charge in [0.1, 0.15) is 11.9 Å². The SMILES string of the molecule is O=C(O)CCN(C(=O)C1CCCO1)c1ccc(Cl)cn1.